The van der Waals surface area contributed by atoms with Crippen LogP contribution in [0, 0.1) is 0 Å². The van der Waals surface area contributed by atoms with Gasteiger partial charge in [0, 0.05) is 0 Å². The van der Waals surface area contributed by atoms with Crippen LogP contribution in [0.15, 0.2) is 0 Å². The molecular formula is C16H33OP. The predicted molar refractivity (Wildman–Crippen MR) is 84.2 cm³/mol. The van der Waals surface area contributed by atoms with Crippen LogP contribution in [0.2, 0.25) is 0 Å². The average Bonchev–Trinajstić information content (AvgIpc) is 2.42. The van der Waals surface area contributed by atoms with Crippen molar-refractivity contribution in [2.75, 3.05) is 31.7 Å². The summed E-state index contributed by atoms with van der Waals surface area (Å²) < 4.78 is 5.42. The lowest BCUT2D eigenvalue weighted by molar-refractivity contribution is 0.158. The Labute approximate surface area is 116 Å². The van der Waals surface area contributed by atoms with Crippen molar-refractivity contribution < 1.29 is 4.74 Å². The standard InChI is InChI=1S/C16H33OP/c1-2-3-4-5-6-7-8-9-10-11-14-18-15-12-17-13-16-18/h2-16H2,1H3. The molecule has 0 aromatic rings. The lowest BCUT2D eigenvalue weighted by atomic mass is 10.1. The minimum absolute atomic E-state index is 0.369. The number of rotatable bonds is 11. The second-order valence-electron chi connectivity index (χ2n) is 5.64. The summed E-state index contributed by atoms with van der Waals surface area (Å²) in [5, 5.41) is 0. The SMILES string of the molecule is CCCCCCCCCCCCP1CCOCC1. The van der Waals surface area contributed by atoms with Crippen molar-refractivity contribution in [3.63, 3.8) is 0 Å². The second-order valence-corrected chi connectivity index (χ2v) is 8.32. The molecule has 0 radical (unpaired) electrons. The highest BCUT2D eigenvalue weighted by Gasteiger charge is 2.11. The van der Waals surface area contributed by atoms with E-state index in [0.29, 0.717) is 7.92 Å². The van der Waals surface area contributed by atoms with Crippen LogP contribution in [0.5, 0.6) is 0 Å². The third-order valence-corrected chi connectivity index (χ3v) is 6.51. The number of hydrogen-bond donors (Lipinski definition) is 0. The van der Waals surface area contributed by atoms with Gasteiger partial charge in [-0.2, -0.15) is 0 Å². The molecule has 1 fully saturated rings. The number of unbranched alkanes of at least 4 members (excludes halogenated alkanes) is 9. The van der Waals surface area contributed by atoms with Gasteiger partial charge in [-0.3, -0.25) is 0 Å². The second kappa shape index (κ2) is 12.4. The maximum absolute atomic E-state index is 5.42. The Hall–Kier alpha value is 0.390. The van der Waals surface area contributed by atoms with Gasteiger partial charge in [-0.25, -0.2) is 0 Å². The molecule has 1 saturated heterocycles. The van der Waals surface area contributed by atoms with Crippen molar-refractivity contribution in [2.24, 2.45) is 0 Å². The Morgan fingerprint density at radius 1 is 0.722 bits per heavy atom. The topological polar surface area (TPSA) is 9.23 Å². The van der Waals surface area contributed by atoms with Gasteiger partial charge in [-0.05, 0) is 24.9 Å². The first-order valence-corrected chi connectivity index (χ1v) is 10.1. The minimum atomic E-state index is 0.369. The Balaban J connectivity index is 1.73. The lowest BCUT2D eigenvalue weighted by Gasteiger charge is -2.22. The molecule has 0 spiro atoms. The Morgan fingerprint density at radius 3 is 1.78 bits per heavy atom. The third kappa shape index (κ3) is 9.34. The quantitative estimate of drug-likeness (QED) is 0.360. The monoisotopic (exact) mass is 272 g/mol. The Bertz CT molecular complexity index is 166. The predicted octanol–water partition coefficient (Wildman–Crippen LogP) is 5.42. The van der Waals surface area contributed by atoms with E-state index in [2.05, 4.69) is 6.92 Å². The molecule has 0 aromatic heterocycles. The molecule has 0 unspecified atom stereocenters. The van der Waals surface area contributed by atoms with Gasteiger partial charge < -0.3 is 4.74 Å². The zero-order valence-electron chi connectivity index (χ0n) is 12.5. The van der Waals surface area contributed by atoms with E-state index in [-0.39, 0.29) is 0 Å². The largest absolute Gasteiger partial charge is 0.381 e. The summed E-state index contributed by atoms with van der Waals surface area (Å²) in [5.41, 5.74) is 0. The van der Waals surface area contributed by atoms with Crippen molar-refractivity contribution in [3.05, 3.63) is 0 Å². The highest BCUT2D eigenvalue weighted by molar-refractivity contribution is 7.57. The first-order valence-electron chi connectivity index (χ1n) is 8.23. The summed E-state index contributed by atoms with van der Waals surface area (Å²) in [7, 11) is 0.369. The summed E-state index contributed by atoms with van der Waals surface area (Å²) in [4.78, 5) is 0. The van der Waals surface area contributed by atoms with Crippen molar-refractivity contribution in [2.45, 2.75) is 71.1 Å². The van der Waals surface area contributed by atoms with E-state index in [1.807, 2.05) is 0 Å². The van der Waals surface area contributed by atoms with E-state index in [0.717, 1.165) is 13.2 Å². The lowest BCUT2D eigenvalue weighted by Crippen LogP contribution is -2.13. The molecule has 2 heteroatoms. The molecule has 108 valence electrons. The van der Waals surface area contributed by atoms with E-state index in [1.54, 1.807) is 0 Å². The van der Waals surface area contributed by atoms with Gasteiger partial charge in [0.15, 0.2) is 0 Å². The highest BCUT2D eigenvalue weighted by Crippen LogP contribution is 2.38. The Kier molecular flexibility index (Phi) is 11.4. The van der Waals surface area contributed by atoms with Crippen LogP contribution >= 0.6 is 7.92 Å². The van der Waals surface area contributed by atoms with Crippen LogP contribution in [0.3, 0.4) is 0 Å². The maximum Gasteiger partial charge on any atom is 0.0505 e. The van der Waals surface area contributed by atoms with Crippen LogP contribution in [0.25, 0.3) is 0 Å². The van der Waals surface area contributed by atoms with E-state index in [1.165, 1.54) is 82.7 Å². The molecule has 0 amide bonds. The molecule has 1 aliphatic rings. The van der Waals surface area contributed by atoms with Gasteiger partial charge in [0.25, 0.3) is 0 Å². The van der Waals surface area contributed by atoms with Crippen molar-refractivity contribution in [1.82, 2.24) is 0 Å². The first-order chi connectivity index (χ1) is 8.93. The zero-order chi connectivity index (χ0) is 12.9. The van der Waals surface area contributed by atoms with Crippen molar-refractivity contribution >= 4 is 7.92 Å². The molecule has 1 nitrogen and oxygen atoms in total. The van der Waals surface area contributed by atoms with Crippen molar-refractivity contribution in [1.29, 1.82) is 0 Å². The first kappa shape index (κ1) is 16.4. The van der Waals surface area contributed by atoms with Gasteiger partial charge in [-0.15, -0.1) is 7.92 Å². The fourth-order valence-corrected chi connectivity index (χ4v) is 4.76. The van der Waals surface area contributed by atoms with Gasteiger partial charge in [0.2, 0.25) is 0 Å². The highest BCUT2D eigenvalue weighted by atomic mass is 31.1. The van der Waals surface area contributed by atoms with E-state index in [9.17, 15) is 0 Å². The summed E-state index contributed by atoms with van der Waals surface area (Å²) in [6, 6.07) is 0. The van der Waals surface area contributed by atoms with E-state index in [4.69, 9.17) is 4.74 Å². The van der Waals surface area contributed by atoms with Gasteiger partial charge in [-0.1, -0.05) is 64.7 Å². The maximum atomic E-state index is 5.42. The number of ether oxygens (including phenoxy) is 1. The molecule has 1 aliphatic heterocycles. The fourth-order valence-electron chi connectivity index (χ4n) is 2.65. The fraction of sp³-hybridized carbons (Fsp3) is 1.00. The molecular weight excluding hydrogens is 239 g/mol. The molecule has 1 heterocycles. The van der Waals surface area contributed by atoms with E-state index >= 15 is 0 Å². The molecule has 0 atom stereocenters. The summed E-state index contributed by atoms with van der Waals surface area (Å²) in [6.07, 6.45) is 18.9. The zero-order valence-corrected chi connectivity index (χ0v) is 13.4. The molecule has 1 rings (SSSR count). The van der Waals surface area contributed by atoms with Crippen LogP contribution in [-0.2, 0) is 4.74 Å². The molecule has 18 heavy (non-hydrogen) atoms. The molecule has 0 bridgehead atoms. The number of hydrogen-bond acceptors (Lipinski definition) is 1. The van der Waals surface area contributed by atoms with Crippen LogP contribution in [0.1, 0.15) is 71.1 Å². The minimum Gasteiger partial charge on any atom is -0.381 e. The third-order valence-electron chi connectivity index (χ3n) is 3.93. The van der Waals surface area contributed by atoms with Gasteiger partial charge in [0.05, 0.1) is 13.2 Å². The molecule has 0 N–H and O–H groups in total. The molecule has 0 aromatic carbocycles. The van der Waals surface area contributed by atoms with Crippen LogP contribution in [-0.4, -0.2) is 31.7 Å². The normalized spacial score (nSPS) is 17.2. The molecule has 0 aliphatic carbocycles. The molecule has 0 saturated carbocycles. The summed E-state index contributed by atoms with van der Waals surface area (Å²) in [5.74, 6) is 0. The summed E-state index contributed by atoms with van der Waals surface area (Å²) >= 11 is 0. The van der Waals surface area contributed by atoms with Crippen LogP contribution < -0.4 is 0 Å². The van der Waals surface area contributed by atoms with E-state index < -0.39 is 0 Å². The Morgan fingerprint density at radius 2 is 1.22 bits per heavy atom. The average molecular weight is 272 g/mol. The van der Waals surface area contributed by atoms with Gasteiger partial charge >= 0.3 is 0 Å². The smallest absolute Gasteiger partial charge is 0.0505 e. The van der Waals surface area contributed by atoms with Gasteiger partial charge in [0.1, 0.15) is 0 Å². The summed E-state index contributed by atoms with van der Waals surface area (Å²) in [6.45, 7) is 4.38. The van der Waals surface area contributed by atoms with Crippen LogP contribution in [0.4, 0.5) is 0 Å². The van der Waals surface area contributed by atoms with Crippen molar-refractivity contribution in [3.8, 4) is 0 Å².